The predicted molar refractivity (Wildman–Crippen MR) is 69.4 cm³/mol. The molecule has 1 aromatic heterocycles. The molecule has 0 spiro atoms. The number of hydrogen-bond donors (Lipinski definition) is 0. The molecule has 0 N–H and O–H groups in total. The van der Waals surface area contributed by atoms with Crippen LogP contribution >= 0.6 is 0 Å². The van der Waals surface area contributed by atoms with E-state index in [-0.39, 0.29) is 0 Å². The van der Waals surface area contributed by atoms with E-state index in [4.69, 9.17) is 0 Å². The zero-order chi connectivity index (χ0) is 13.0. The molecule has 0 saturated heterocycles. The van der Waals surface area contributed by atoms with Crippen LogP contribution in [-0.2, 0) is 7.05 Å². The van der Waals surface area contributed by atoms with Crippen LogP contribution in [0.15, 0.2) is 36.3 Å². The lowest BCUT2D eigenvalue weighted by Gasteiger charge is -2.04. The normalized spacial score (nSPS) is 9.25. The van der Waals surface area contributed by atoms with Gasteiger partial charge in [-0.3, -0.25) is 5.01 Å². The zero-order valence-electron chi connectivity index (χ0n) is 11.3. The Morgan fingerprint density at radius 2 is 1.94 bits per heavy atom. The van der Waals surface area contributed by atoms with Gasteiger partial charge in [-0.2, -0.15) is 0 Å². The van der Waals surface area contributed by atoms with Gasteiger partial charge in [0.05, 0.1) is 0 Å². The van der Waals surface area contributed by atoms with E-state index in [1.165, 1.54) is 0 Å². The number of aromatic nitrogens is 2. The molecule has 0 amide bonds. The molecule has 0 bridgehead atoms. The monoisotopic (exact) mass is 224 g/mol. The molecule has 0 radical (unpaired) electrons. The molecule has 92 valence electrons. The van der Waals surface area contributed by atoms with Gasteiger partial charge in [-0.1, -0.05) is 34.3 Å². The molecular formula is C12H24N4. The van der Waals surface area contributed by atoms with Gasteiger partial charge in [0, 0.05) is 32.7 Å². The lowest BCUT2D eigenvalue weighted by Crippen LogP contribution is -2.23. The van der Waals surface area contributed by atoms with E-state index in [1.807, 2.05) is 58.6 Å². The van der Waals surface area contributed by atoms with E-state index in [0.29, 0.717) is 5.62 Å². The average molecular weight is 224 g/mol. The summed E-state index contributed by atoms with van der Waals surface area (Å²) in [7, 11) is 3.70. The molecule has 16 heavy (non-hydrogen) atoms. The molecule has 0 saturated carbocycles. The Morgan fingerprint density at radius 3 is 2.38 bits per heavy atom. The summed E-state index contributed by atoms with van der Waals surface area (Å²) < 4.78 is 1.83. The van der Waals surface area contributed by atoms with Crippen LogP contribution in [0.25, 0.3) is 0 Å². The van der Waals surface area contributed by atoms with Crippen molar-refractivity contribution in [3.8, 4) is 0 Å². The van der Waals surface area contributed by atoms with Crippen LogP contribution in [0, 0.1) is 0 Å². The van der Waals surface area contributed by atoms with Crippen molar-refractivity contribution in [2.45, 2.75) is 27.7 Å². The molecule has 0 atom stereocenters. The van der Waals surface area contributed by atoms with Crippen molar-refractivity contribution in [3.05, 3.63) is 36.9 Å². The first kappa shape index (κ1) is 16.8. The largest absolute Gasteiger partial charge is 0.319 e. The summed E-state index contributed by atoms with van der Waals surface area (Å²) in [6.07, 6.45) is 5.22. The number of rotatable bonds is 2. The maximum absolute atomic E-state index is 4.14. The second kappa shape index (κ2) is 11.5. The van der Waals surface area contributed by atoms with Gasteiger partial charge < -0.3 is 4.57 Å². The molecule has 0 fully saturated rings. The second-order valence-electron chi connectivity index (χ2n) is 2.39. The van der Waals surface area contributed by atoms with Crippen LogP contribution in [0.1, 0.15) is 27.7 Å². The highest BCUT2D eigenvalue weighted by molar-refractivity contribution is 4.79. The number of aryl methyl sites for hydroxylation is 1. The minimum Gasteiger partial charge on any atom is -0.319 e. The highest BCUT2D eigenvalue weighted by Crippen LogP contribution is 1.79. The summed E-state index contributed by atoms with van der Waals surface area (Å²) in [5.41, 5.74) is 0.653. The number of hydrogen-bond acceptors (Lipinski definition) is 3. The van der Waals surface area contributed by atoms with Gasteiger partial charge in [0.15, 0.2) is 0 Å². The van der Waals surface area contributed by atoms with Crippen molar-refractivity contribution in [1.29, 1.82) is 0 Å². The molecule has 4 nitrogen and oxygen atoms in total. The SMILES string of the molecule is C=CN(C)/N=c1/ncccn1C.CC.CC. The van der Waals surface area contributed by atoms with Gasteiger partial charge in [-0.05, 0) is 6.07 Å². The van der Waals surface area contributed by atoms with Crippen LogP contribution in [0.4, 0.5) is 0 Å². The molecule has 1 rings (SSSR count). The summed E-state index contributed by atoms with van der Waals surface area (Å²) in [4.78, 5) is 4.07. The summed E-state index contributed by atoms with van der Waals surface area (Å²) in [5.74, 6) is 0. The van der Waals surface area contributed by atoms with E-state index in [0.717, 1.165) is 0 Å². The highest BCUT2D eigenvalue weighted by atomic mass is 15.4. The second-order valence-corrected chi connectivity index (χ2v) is 2.39. The van der Waals surface area contributed by atoms with Gasteiger partial charge >= 0.3 is 0 Å². The van der Waals surface area contributed by atoms with Gasteiger partial charge in [-0.25, -0.2) is 4.98 Å². The summed E-state index contributed by atoms with van der Waals surface area (Å²) in [5, 5.41) is 5.76. The molecule has 0 aromatic carbocycles. The third-order valence-electron chi connectivity index (χ3n) is 1.41. The lowest BCUT2D eigenvalue weighted by atomic mass is 10.7. The van der Waals surface area contributed by atoms with Gasteiger partial charge in [0.1, 0.15) is 0 Å². The highest BCUT2D eigenvalue weighted by Gasteiger charge is 1.87. The Balaban J connectivity index is 0. The Bertz CT molecular complexity index is 328. The molecule has 4 heteroatoms. The first-order valence-electron chi connectivity index (χ1n) is 5.61. The van der Waals surface area contributed by atoms with E-state index in [9.17, 15) is 0 Å². The Labute approximate surface area is 98.9 Å². The van der Waals surface area contributed by atoms with Crippen molar-refractivity contribution in [2.24, 2.45) is 12.1 Å². The van der Waals surface area contributed by atoms with Gasteiger partial charge in [0.25, 0.3) is 0 Å². The molecule has 0 aliphatic rings. The minimum absolute atomic E-state index is 0.653. The lowest BCUT2D eigenvalue weighted by molar-refractivity contribution is 0.454. The van der Waals surface area contributed by atoms with Gasteiger partial charge in [-0.15, -0.1) is 5.10 Å². The first-order chi connectivity index (χ1) is 7.74. The molecule has 0 aliphatic carbocycles. The maximum atomic E-state index is 4.14. The van der Waals surface area contributed by atoms with Crippen LogP contribution in [0.3, 0.4) is 0 Å². The Morgan fingerprint density at radius 1 is 1.38 bits per heavy atom. The van der Waals surface area contributed by atoms with Crippen LogP contribution in [-0.4, -0.2) is 21.6 Å². The molecule has 0 unspecified atom stereocenters. The van der Waals surface area contributed by atoms with E-state index < -0.39 is 0 Å². The first-order valence-corrected chi connectivity index (χ1v) is 5.61. The Hall–Kier alpha value is -1.58. The van der Waals surface area contributed by atoms with Crippen molar-refractivity contribution in [2.75, 3.05) is 7.05 Å². The standard InChI is InChI=1S/C8H12N4.2C2H6/c1-4-12(3)10-8-9-6-5-7-11(8)2;2*1-2/h4-7H,1H2,2-3H3;2*1-2H3/b10-8-;;. The molecule has 1 aromatic rings. The summed E-state index contributed by atoms with van der Waals surface area (Å²) in [6.45, 7) is 11.6. The third-order valence-corrected chi connectivity index (χ3v) is 1.41. The van der Waals surface area contributed by atoms with E-state index in [2.05, 4.69) is 16.7 Å². The van der Waals surface area contributed by atoms with Crippen molar-refractivity contribution >= 4 is 0 Å². The fraction of sp³-hybridized carbons (Fsp3) is 0.500. The zero-order valence-corrected chi connectivity index (χ0v) is 11.3. The van der Waals surface area contributed by atoms with Crippen molar-refractivity contribution in [3.63, 3.8) is 0 Å². The fourth-order valence-electron chi connectivity index (χ4n) is 0.713. The van der Waals surface area contributed by atoms with Crippen molar-refractivity contribution < 1.29 is 0 Å². The summed E-state index contributed by atoms with van der Waals surface area (Å²) >= 11 is 0. The van der Waals surface area contributed by atoms with Crippen LogP contribution in [0.5, 0.6) is 0 Å². The minimum atomic E-state index is 0.653. The molecule has 1 heterocycles. The van der Waals surface area contributed by atoms with E-state index >= 15 is 0 Å². The fourth-order valence-corrected chi connectivity index (χ4v) is 0.713. The van der Waals surface area contributed by atoms with Crippen molar-refractivity contribution in [1.82, 2.24) is 14.6 Å². The van der Waals surface area contributed by atoms with Crippen LogP contribution in [0.2, 0.25) is 0 Å². The van der Waals surface area contributed by atoms with Gasteiger partial charge in [0.2, 0.25) is 5.62 Å². The average Bonchev–Trinajstić information content (AvgIpc) is 2.37. The maximum Gasteiger partial charge on any atom is 0.246 e. The topological polar surface area (TPSA) is 33.4 Å². The molecule has 0 aliphatic heterocycles. The van der Waals surface area contributed by atoms with Crippen LogP contribution < -0.4 is 5.62 Å². The number of nitrogens with zero attached hydrogens (tertiary/aromatic N) is 4. The van der Waals surface area contributed by atoms with E-state index in [1.54, 1.807) is 17.4 Å². The Kier molecular flexibility index (Phi) is 12.1. The third kappa shape index (κ3) is 6.81. The quantitative estimate of drug-likeness (QED) is 0.723. The predicted octanol–water partition coefficient (Wildman–Crippen LogP) is 2.36. The molecular weight excluding hydrogens is 200 g/mol. The smallest absolute Gasteiger partial charge is 0.246 e. The summed E-state index contributed by atoms with van der Waals surface area (Å²) in [6, 6.07) is 1.85.